The third-order valence-corrected chi connectivity index (χ3v) is 9.83. The topological polar surface area (TPSA) is 0 Å². The van der Waals surface area contributed by atoms with E-state index in [2.05, 4.69) is 159 Å². The van der Waals surface area contributed by atoms with Crippen LogP contribution in [0.25, 0.3) is 76.6 Å². The number of benzene rings is 8. The molecule has 0 amide bonds. The second kappa shape index (κ2) is 8.90. The highest BCUT2D eigenvalue weighted by molar-refractivity contribution is 6.39. The smallest absolute Gasteiger partial charge is 0.0158 e. The number of hydrogen-bond acceptors (Lipinski definition) is 0. The number of fused-ring (bicyclic) bond motifs is 12. The molecule has 0 spiro atoms. The van der Waals surface area contributed by atoms with E-state index in [4.69, 9.17) is 0 Å². The molecule has 1 aliphatic rings. The molecular weight excluding hydrogens is 516 g/mol. The molecule has 0 bridgehead atoms. The lowest BCUT2D eigenvalue weighted by molar-refractivity contribution is 0.704. The van der Waals surface area contributed by atoms with Crippen molar-refractivity contribution in [1.29, 1.82) is 0 Å². The highest BCUT2D eigenvalue weighted by Crippen LogP contribution is 2.49. The fraction of sp³-hybridized carbons (Fsp3) is 0.0698. The van der Waals surface area contributed by atoms with Gasteiger partial charge in [-0.05, 0) is 105 Å². The van der Waals surface area contributed by atoms with Crippen molar-refractivity contribution < 1.29 is 0 Å². The average Bonchev–Trinajstić information content (AvgIpc) is 3.34. The van der Waals surface area contributed by atoms with Crippen LogP contribution in [-0.2, 0) is 5.41 Å². The van der Waals surface area contributed by atoms with Crippen molar-refractivity contribution in [1.82, 2.24) is 0 Å². The molecule has 9 rings (SSSR count). The van der Waals surface area contributed by atoms with E-state index in [0.717, 1.165) is 0 Å². The van der Waals surface area contributed by atoms with Crippen LogP contribution >= 0.6 is 0 Å². The van der Waals surface area contributed by atoms with Gasteiger partial charge in [0.15, 0.2) is 0 Å². The van der Waals surface area contributed by atoms with Gasteiger partial charge in [-0.3, -0.25) is 0 Å². The third-order valence-electron chi connectivity index (χ3n) is 9.83. The summed E-state index contributed by atoms with van der Waals surface area (Å²) in [7, 11) is 0. The Bertz CT molecular complexity index is 2460. The first-order valence-electron chi connectivity index (χ1n) is 15.2. The fourth-order valence-electron chi connectivity index (χ4n) is 7.77. The Morgan fingerprint density at radius 3 is 1.49 bits per heavy atom. The van der Waals surface area contributed by atoms with E-state index in [9.17, 15) is 0 Å². The Morgan fingerprint density at radius 1 is 0.372 bits per heavy atom. The summed E-state index contributed by atoms with van der Waals surface area (Å²) in [4.78, 5) is 0. The molecule has 0 saturated carbocycles. The fourth-order valence-corrected chi connectivity index (χ4v) is 7.77. The van der Waals surface area contributed by atoms with Crippen molar-refractivity contribution in [3.05, 3.63) is 156 Å². The van der Waals surface area contributed by atoms with E-state index < -0.39 is 0 Å². The van der Waals surface area contributed by atoms with Crippen molar-refractivity contribution in [2.24, 2.45) is 0 Å². The molecule has 8 aromatic rings. The molecule has 43 heavy (non-hydrogen) atoms. The number of rotatable bonds is 2. The molecule has 0 N–H and O–H groups in total. The van der Waals surface area contributed by atoms with E-state index in [1.165, 1.54) is 87.3 Å². The first kappa shape index (κ1) is 24.4. The molecule has 0 nitrogen and oxygen atoms in total. The van der Waals surface area contributed by atoms with Gasteiger partial charge in [0.05, 0.1) is 0 Å². The maximum atomic E-state index is 2.48. The van der Waals surface area contributed by atoms with E-state index in [1.54, 1.807) is 0 Å². The molecule has 0 unspecified atom stereocenters. The normalized spacial score (nSPS) is 14.1. The van der Waals surface area contributed by atoms with Crippen molar-refractivity contribution >= 4 is 65.5 Å². The molecule has 0 heterocycles. The molecule has 0 heteroatoms. The van der Waals surface area contributed by atoms with E-state index >= 15 is 0 Å². The molecule has 202 valence electrons. The molecule has 0 saturated heterocycles. The van der Waals surface area contributed by atoms with E-state index in [0.29, 0.717) is 0 Å². The van der Waals surface area contributed by atoms with Crippen LogP contribution < -0.4 is 0 Å². The lowest BCUT2D eigenvalue weighted by Gasteiger charge is -2.25. The second-order valence-corrected chi connectivity index (χ2v) is 12.5. The lowest BCUT2D eigenvalue weighted by atomic mass is 9.78. The predicted molar refractivity (Wildman–Crippen MR) is 187 cm³/mol. The van der Waals surface area contributed by atoms with Crippen LogP contribution in [0.2, 0.25) is 0 Å². The van der Waals surface area contributed by atoms with Crippen LogP contribution in [-0.4, -0.2) is 0 Å². The summed E-state index contributed by atoms with van der Waals surface area (Å²) in [5.41, 5.74) is 7.84. The molecule has 0 fully saturated rings. The SMILES string of the molecule is CC1(C)C(c2ccc3c4ccc(-c5ccccc5)cc4c4c5ccccc5c5ccccc5c4c3c2)=Cc2ccccc21. The summed E-state index contributed by atoms with van der Waals surface area (Å²) in [6.07, 6.45) is 2.40. The predicted octanol–water partition coefficient (Wildman–Crippen LogP) is 12.0. The van der Waals surface area contributed by atoms with Gasteiger partial charge in [0.25, 0.3) is 0 Å². The van der Waals surface area contributed by atoms with Gasteiger partial charge in [0.2, 0.25) is 0 Å². The molecule has 0 atom stereocenters. The van der Waals surface area contributed by atoms with Gasteiger partial charge in [-0.1, -0.05) is 141 Å². The lowest BCUT2D eigenvalue weighted by Crippen LogP contribution is -2.16. The monoisotopic (exact) mass is 546 g/mol. The van der Waals surface area contributed by atoms with Gasteiger partial charge in [0, 0.05) is 5.41 Å². The third kappa shape index (κ3) is 3.44. The Hall–Kier alpha value is -5.20. The zero-order chi connectivity index (χ0) is 28.7. The van der Waals surface area contributed by atoms with Crippen molar-refractivity contribution in [3.8, 4) is 11.1 Å². The Kier molecular flexibility index (Phi) is 5.05. The van der Waals surface area contributed by atoms with Crippen LogP contribution in [0.3, 0.4) is 0 Å². The van der Waals surface area contributed by atoms with Crippen LogP contribution in [0.5, 0.6) is 0 Å². The number of hydrogen-bond donors (Lipinski definition) is 0. The Morgan fingerprint density at radius 2 is 0.860 bits per heavy atom. The minimum Gasteiger partial charge on any atom is -0.0622 e. The molecule has 8 aromatic carbocycles. The van der Waals surface area contributed by atoms with Gasteiger partial charge >= 0.3 is 0 Å². The Balaban J connectivity index is 1.46. The summed E-state index contributed by atoms with van der Waals surface area (Å²) < 4.78 is 0. The highest BCUT2D eigenvalue weighted by Gasteiger charge is 2.33. The molecule has 0 aromatic heterocycles. The summed E-state index contributed by atoms with van der Waals surface area (Å²) >= 11 is 0. The van der Waals surface area contributed by atoms with Gasteiger partial charge in [-0.15, -0.1) is 0 Å². The zero-order valence-corrected chi connectivity index (χ0v) is 24.4. The van der Waals surface area contributed by atoms with Crippen LogP contribution in [0, 0.1) is 0 Å². The second-order valence-electron chi connectivity index (χ2n) is 12.5. The van der Waals surface area contributed by atoms with E-state index in [-0.39, 0.29) is 5.41 Å². The average molecular weight is 547 g/mol. The Labute approximate surface area is 251 Å². The van der Waals surface area contributed by atoms with Gasteiger partial charge in [-0.2, -0.15) is 0 Å². The van der Waals surface area contributed by atoms with Gasteiger partial charge in [-0.25, -0.2) is 0 Å². The zero-order valence-electron chi connectivity index (χ0n) is 24.4. The standard InChI is InChI=1S/C43H30/c1-43(2)39-19-11-6-14-29(39)26-40(43)30-21-23-34-33-22-20-28(27-12-4-3-5-13-27)24-37(33)41-35-17-9-7-15-31(35)32-16-8-10-18-36(32)42(41)38(34)25-30/h3-26H,1-2H3. The van der Waals surface area contributed by atoms with Crippen LogP contribution in [0.1, 0.15) is 30.5 Å². The minimum absolute atomic E-state index is 0.0593. The largest absolute Gasteiger partial charge is 0.0622 e. The molecule has 0 aliphatic heterocycles. The van der Waals surface area contributed by atoms with Crippen molar-refractivity contribution in [2.45, 2.75) is 19.3 Å². The first-order chi connectivity index (χ1) is 21.1. The minimum atomic E-state index is -0.0593. The summed E-state index contributed by atoms with van der Waals surface area (Å²) in [5.74, 6) is 0. The maximum Gasteiger partial charge on any atom is 0.0158 e. The first-order valence-corrected chi connectivity index (χ1v) is 15.2. The summed E-state index contributed by atoms with van der Waals surface area (Å²) in [6, 6.07) is 51.8. The van der Waals surface area contributed by atoms with Crippen LogP contribution in [0.15, 0.2) is 140 Å². The van der Waals surface area contributed by atoms with Crippen molar-refractivity contribution in [2.75, 3.05) is 0 Å². The molecular formula is C43H30. The van der Waals surface area contributed by atoms with Gasteiger partial charge < -0.3 is 0 Å². The highest BCUT2D eigenvalue weighted by atomic mass is 14.4. The van der Waals surface area contributed by atoms with Crippen molar-refractivity contribution in [3.63, 3.8) is 0 Å². The number of allylic oxidation sites excluding steroid dienone is 1. The maximum absolute atomic E-state index is 2.48. The summed E-state index contributed by atoms with van der Waals surface area (Å²) in [6.45, 7) is 4.72. The van der Waals surface area contributed by atoms with E-state index in [1.807, 2.05) is 0 Å². The summed E-state index contributed by atoms with van der Waals surface area (Å²) in [5, 5.41) is 13.2. The van der Waals surface area contributed by atoms with Gasteiger partial charge in [0.1, 0.15) is 0 Å². The molecule has 1 aliphatic carbocycles. The molecule has 0 radical (unpaired) electrons. The quantitative estimate of drug-likeness (QED) is 0.189. The van der Waals surface area contributed by atoms with Crippen LogP contribution in [0.4, 0.5) is 0 Å².